The molecule has 0 saturated heterocycles. The van der Waals surface area contributed by atoms with E-state index in [0.29, 0.717) is 0 Å². The number of aromatic nitrogens is 2. The fourth-order valence-electron chi connectivity index (χ4n) is 1.18. The Bertz CT molecular complexity index is 202. The summed E-state index contributed by atoms with van der Waals surface area (Å²) in [7, 11) is 0. The number of hydrogen-bond donors (Lipinski definition) is 0. The van der Waals surface area contributed by atoms with Gasteiger partial charge in [0.25, 0.3) is 0 Å². The van der Waals surface area contributed by atoms with Crippen LogP contribution in [0, 0.1) is 0 Å². The van der Waals surface area contributed by atoms with Gasteiger partial charge in [0.15, 0.2) is 0 Å². The molecular formula is C10H16N2. The van der Waals surface area contributed by atoms with Crippen LogP contribution in [0.1, 0.15) is 25.7 Å². The highest BCUT2D eigenvalue weighted by atomic mass is 15.0. The molecule has 1 aromatic rings. The molecule has 1 heterocycles. The topological polar surface area (TPSA) is 17.8 Å². The Morgan fingerprint density at radius 3 is 2.92 bits per heavy atom. The van der Waals surface area contributed by atoms with Crippen molar-refractivity contribution in [1.29, 1.82) is 0 Å². The summed E-state index contributed by atoms with van der Waals surface area (Å²) in [5.74, 6) is 0. The third-order valence-corrected chi connectivity index (χ3v) is 1.88. The molecule has 1 aromatic heterocycles. The normalized spacial score (nSPS) is 10.0. The lowest BCUT2D eigenvalue weighted by atomic mass is 10.2. The van der Waals surface area contributed by atoms with Crippen LogP contribution >= 0.6 is 0 Å². The lowest BCUT2D eigenvalue weighted by Gasteiger charge is -2.00. The predicted octanol–water partition coefficient (Wildman–Crippen LogP) is 2.63. The number of unbranched alkanes of at least 4 members (excludes halogenated alkanes) is 3. The van der Waals surface area contributed by atoms with Gasteiger partial charge in [0.1, 0.15) is 0 Å². The van der Waals surface area contributed by atoms with Crippen molar-refractivity contribution in [2.45, 2.75) is 32.2 Å². The lowest BCUT2D eigenvalue weighted by Crippen LogP contribution is -1.93. The van der Waals surface area contributed by atoms with E-state index in [2.05, 4.69) is 16.1 Å². The maximum absolute atomic E-state index is 3.98. The monoisotopic (exact) mass is 164 g/mol. The van der Waals surface area contributed by atoms with E-state index in [0.717, 1.165) is 13.0 Å². The fourth-order valence-corrected chi connectivity index (χ4v) is 1.18. The first-order valence-corrected chi connectivity index (χ1v) is 4.50. The molecule has 0 unspecified atom stereocenters. The van der Waals surface area contributed by atoms with Crippen molar-refractivity contribution >= 4 is 0 Å². The minimum Gasteiger partial charge on any atom is -0.337 e. The van der Waals surface area contributed by atoms with Crippen LogP contribution in [0.5, 0.6) is 0 Å². The fraction of sp³-hybridized carbons (Fsp3) is 0.500. The molecule has 1 rings (SSSR count). The molecule has 0 aliphatic rings. The maximum Gasteiger partial charge on any atom is 0.0945 e. The number of rotatable bonds is 6. The van der Waals surface area contributed by atoms with E-state index >= 15 is 0 Å². The van der Waals surface area contributed by atoms with E-state index < -0.39 is 0 Å². The molecule has 2 nitrogen and oxygen atoms in total. The summed E-state index contributed by atoms with van der Waals surface area (Å²) < 4.78 is 2.12. The van der Waals surface area contributed by atoms with Gasteiger partial charge in [0.2, 0.25) is 0 Å². The maximum atomic E-state index is 3.98. The summed E-state index contributed by atoms with van der Waals surface area (Å²) in [6, 6.07) is 0. The van der Waals surface area contributed by atoms with Gasteiger partial charge in [-0.15, -0.1) is 6.58 Å². The Kier molecular flexibility index (Phi) is 4.21. The zero-order valence-electron chi connectivity index (χ0n) is 7.45. The molecule has 12 heavy (non-hydrogen) atoms. The average Bonchev–Trinajstić information content (AvgIpc) is 2.57. The van der Waals surface area contributed by atoms with E-state index in [4.69, 9.17) is 0 Å². The van der Waals surface area contributed by atoms with Crippen LogP contribution in [-0.2, 0) is 6.54 Å². The molecule has 0 aliphatic carbocycles. The Balaban J connectivity index is 2.00. The standard InChI is InChI=1S/C10H16N2/c1-2-3-4-5-6-8-12-9-7-11-10-12/h2,7,9-10H,1,3-6,8H2. The summed E-state index contributed by atoms with van der Waals surface area (Å²) in [4.78, 5) is 3.98. The number of allylic oxidation sites excluding steroid dienone is 1. The molecule has 0 amide bonds. The molecule has 0 N–H and O–H groups in total. The van der Waals surface area contributed by atoms with Crippen molar-refractivity contribution in [3.05, 3.63) is 31.4 Å². The van der Waals surface area contributed by atoms with Gasteiger partial charge in [-0.2, -0.15) is 0 Å². The van der Waals surface area contributed by atoms with Crippen molar-refractivity contribution in [2.24, 2.45) is 0 Å². The molecule has 0 aliphatic heterocycles. The second-order valence-electron chi connectivity index (χ2n) is 2.94. The second kappa shape index (κ2) is 5.58. The molecule has 0 spiro atoms. The van der Waals surface area contributed by atoms with Gasteiger partial charge in [-0.25, -0.2) is 4.98 Å². The molecule has 0 bridgehead atoms. The second-order valence-corrected chi connectivity index (χ2v) is 2.94. The third kappa shape index (κ3) is 3.37. The van der Waals surface area contributed by atoms with Gasteiger partial charge in [-0.1, -0.05) is 12.5 Å². The van der Waals surface area contributed by atoms with E-state index in [-0.39, 0.29) is 0 Å². The summed E-state index contributed by atoms with van der Waals surface area (Å²) >= 11 is 0. The zero-order chi connectivity index (χ0) is 8.65. The largest absolute Gasteiger partial charge is 0.337 e. The van der Waals surface area contributed by atoms with E-state index in [1.807, 2.05) is 24.8 Å². The minimum atomic E-state index is 1.09. The van der Waals surface area contributed by atoms with Crippen LogP contribution in [-0.4, -0.2) is 9.55 Å². The van der Waals surface area contributed by atoms with Crippen LogP contribution < -0.4 is 0 Å². The van der Waals surface area contributed by atoms with Crippen LogP contribution in [0.2, 0.25) is 0 Å². The SMILES string of the molecule is C=CCCCCCn1ccnc1. The van der Waals surface area contributed by atoms with E-state index in [1.54, 1.807) is 0 Å². The Morgan fingerprint density at radius 2 is 2.25 bits per heavy atom. The zero-order valence-corrected chi connectivity index (χ0v) is 7.45. The molecule has 2 heteroatoms. The van der Waals surface area contributed by atoms with Crippen molar-refractivity contribution in [2.75, 3.05) is 0 Å². The van der Waals surface area contributed by atoms with Crippen LogP contribution in [0.25, 0.3) is 0 Å². The van der Waals surface area contributed by atoms with Crippen LogP contribution in [0.15, 0.2) is 31.4 Å². The van der Waals surface area contributed by atoms with Gasteiger partial charge in [-0.3, -0.25) is 0 Å². The number of nitrogens with zero attached hydrogens (tertiary/aromatic N) is 2. The smallest absolute Gasteiger partial charge is 0.0945 e. The van der Waals surface area contributed by atoms with Gasteiger partial charge >= 0.3 is 0 Å². The van der Waals surface area contributed by atoms with Crippen molar-refractivity contribution in [3.8, 4) is 0 Å². The predicted molar refractivity (Wildman–Crippen MR) is 50.9 cm³/mol. The molecule has 0 radical (unpaired) electrons. The van der Waals surface area contributed by atoms with Crippen LogP contribution in [0.4, 0.5) is 0 Å². The van der Waals surface area contributed by atoms with Gasteiger partial charge in [0, 0.05) is 18.9 Å². The summed E-state index contributed by atoms with van der Waals surface area (Å²) in [6.45, 7) is 4.79. The van der Waals surface area contributed by atoms with Gasteiger partial charge in [-0.05, 0) is 19.3 Å². The average molecular weight is 164 g/mol. The molecule has 0 saturated carbocycles. The highest BCUT2D eigenvalue weighted by Crippen LogP contribution is 2.01. The summed E-state index contributed by atoms with van der Waals surface area (Å²) in [6.07, 6.45) is 12.6. The van der Waals surface area contributed by atoms with Gasteiger partial charge < -0.3 is 4.57 Å². The Morgan fingerprint density at radius 1 is 1.33 bits per heavy atom. The summed E-state index contributed by atoms with van der Waals surface area (Å²) in [5.41, 5.74) is 0. The van der Waals surface area contributed by atoms with Crippen LogP contribution in [0.3, 0.4) is 0 Å². The van der Waals surface area contributed by atoms with E-state index in [9.17, 15) is 0 Å². The molecule has 0 atom stereocenters. The first kappa shape index (κ1) is 9.04. The number of aryl methyl sites for hydroxylation is 1. The molecular weight excluding hydrogens is 148 g/mol. The first-order valence-electron chi connectivity index (χ1n) is 4.50. The van der Waals surface area contributed by atoms with Gasteiger partial charge in [0.05, 0.1) is 6.33 Å². The quantitative estimate of drug-likeness (QED) is 0.467. The lowest BCUT2D eigenvalue weighted by molar-refractivity contribution is 0.590. The highest BCUT2D eigenvalue weighted by Gasteiger charge is 1.89. The number of imidazole rings is 1. The minimum absolute atomic E-state index is 1.09. The molecule has 66 valence electrons. The number of hydrogen-bond acceptors (Lipinski definition) is 1. The molecule has 0 fully saturated rings. The highest BCUT2D eigenvalue weighted by molar-refractivity contribution is 4.73. The van der Waals surface area contributed by atoms with Crippen molar-refractivity contribution in [1.82, 2.24) is 9.55 Å². The molecule has 0 aromatic carbocycles. The summed E-state index contributed by atoms with van der Waals surface area (Å²) in [5, 5.41) is 0. The van der Waals surface area contributed by atoms with Crippen molar-refractivity contribution in [3.63, 3.8) is 0 Å². The van der Waals surface area contributed by atoms with E-state index in [1.165, 1.54) is 19.3 Å². The Hall–Kier alpha value is -1.05. The first-order chi connectivity index (χ1) is 5.93. The Labute approximate surface area is 73.9 Å². The van der Waals surface area contributed by atoms with Crippen molar-refractivity contribution < 1.29 is 0 Å². The third-order valence-electron chi connectivity index (χ3n) is 1.88.